The maximum Gasteiger partial charge on any atom is 0.255 e. The molecule has 9 nitrogen and oxygen atoms in total. The minimum absolute atomic E-state index is 0.0487. The maximum atomic E-state index is 13.6. The molecule has 0 saturated carbocycles. The van der Waals surface area contributed by atoms with Crippen LogP contribution in [-0.4, -0.2) is 66.0 Å². The van der Waals surface area contributed by atoms with Crippen molar-refractivity contribution in [2.24, 2.45) is 0 Å². The molecular formula is C38H41N5O4. The van der Waals surface area contributed by atoms with Crippen LogP contribution in [0.15, 0.2) is 85.1 Å². The van der Waals surface area contributed by atoms with E-state index in [1.807, 2.05) is 30.3 Å². The summed E-state index contributed by atoms with van der Waals surface area (Å²) in [5, 5.41) is 15.5. The molecule has 0 unspecified atom stereocenters. The second kappa shape index (κ2) is 14.6. The van der Waals surface area contributed by atoms with Crippen molar-refractivity contribution in [2.75, 3.05) is 43.5 Å². The molecule has 1 saturated heterocycles. The van der Waals surface area contributed by atoms with Gasteiger partial charge in [0.15, 0.2) is 0 Å². The number of pyridine rings is 1. The Morgan fingerprint density at radius 3 is 2.49 bits per heavy atom. The van der Waals surface area contributed by atoms with Crippen molar-refractivity contribution in [2.45, 2.75) is 44.6 Å². The lowest BCUT2D eigenvalue weighted by molar-refractivity contribution is 0.0766. The van der Waals surface area contributed by atoms with E-state index in [2.05, 4.69) is 32.7 Å². The molecule has 3 amide bonds. The number of aryl methyl sites for hydroxylation is 1. The van der Waals surface area contributed by atoms with E-state index in [4.69, 9.17) is 0 Å². The number of carbonyl (C=O) groups is 3. The molecular weight excluding hydrogens is 590 g/mol. The number of anilines is 2. The third-order valence-corrected chi connectivity index (χ3v) is 9.10. The predicted molar refractivity (Wildman–Crippen MR) is 184 cm³/mol. The Bertz CT molecular complexity index is 1770. The summed E-state index contributed by atoms with van der Waals surface area (Å²) in [4.78, 5) is 48.4. The van der Waals surface area contributed by atoms with Crippen molar-refractivity contribution in [3.63, 3.8) is 0 Å². The maximum absolute atomic E-state index is 13.6. The van der Waals surface area contributed by atoms with Crippen molar-refractivity contribution in [3.05, 3.63) is 113 Å². The molecule has 1 fully saturated rings. The van der Waals surface area contributed by atoms with Crippen molar-refractivity contribution in [1.29, 1.82) is 0 Å². The summed E-state index contributed by atoms with van der Waals surface area (Å²) in [7, 11) is 1.61. The number of aliphatic hydroxyl groups excluding tert-OH is 1. The van der Waals surface area contributed by atoms with E-state index in [1.54, 1.807) is 49.6 Å². The highest BCUT2D eigenvalue weighted by Gasteiger charge is 2.23. The zero-order chi connectivity index (χ0) is 32.8. The van der Waals surface area contributed by atoms with Crippen LogP contribution in [0.2, 0.25) is 0 Å². The molecule has 3 aromatic carbocycles. The predicted octanol–water partition coefficient (Wildman–Crippen LogP) is 5.86. The zero-order valence-electron chi connectivity index (χ0n) is 26.7. The number of hydrogen-bond donors (Lipinski definition) is 3. The lowest BCUT2D eigenvalue weighted by Gasteiger charge is -2.29. The van der Waals surface area contributed by atoms with Crippen LogP contribution in [0.25, 0.3) is 11.3 Å². The minimum atomic E-state index is -0.374. The fourth-order valence-corrected chi connectivity index (χ4v) is 6.53. The average Bonchev–Trinajstić information content (AvgIpc) is 3.12. The van der Waals surface area contributed by atoms with E-state index in [-0.39, 0.29) is 36.9 Å². The number of nitrogens with one attached hydrogen (secondary N) is 2. The third kappa shape index (κ3) is 7.36. The first kappa shape index (κ1) is 31.9. The van der Waals surface area contributed by atoms with Crippen LogP contribution in [0.1, 0.15) is 80.3 Å². The van der Waals surface area contributed by atoms with E-state index in [1.165, 1.54) is 22.4 Å². The molecule has 9 heteroatoms. The molecule has 4 aromatic rings. The van der Waals surface area contributed by atoms with E-state index < -0.39 is 0 Å². The summed E-state index contributed by atoms with van der Waals surface area (Å²) < 4.78 is 0. The van der Waals surface area contributed by atoms with Gasteiger partial charge in [-0.2, -0.15) is 0 Å². The topological polar surface area (TPSA) is 115 Å². The summed E-state index contributed by atoms with van der Waals surface area (Å²) >= 11 is 0. The largest absolute Gasteiger partial charge is 0.395 e. The van der Waals surface area contributed by atoms with Gasteiger partial charge in [-0.3, -0.25) is 19.4 Å². The van der Waals surface area contributed by atoms with Crippen LogP contribution >= 0.6 is 0 Å². The number of likely N-dealkylation sites (N-methyl/N-ethyl adjacent to an activating group) is 1. The highest BCUT2D eigenvalue weighted by atomic mass is 16.3. The van der Waals surface area contributed by atoms with Gasteiger partial charge in [0, 0.05) is 60.8 Å². The zero-order valence-corrected chi connectivity index (χ0v) is 26.7. The molecule has 1 aromatic heterocycles. The molecule has 0 bridgehead atoms. The van der Waals surface area contributed by atoms with Gasteiger partial charge >= 0.3 is 0 Å². The Morgan fingerprint density at radius 2 is 1.66 bits per heavy atom. The van der Waals surface area contributed by atoms with Crippen LogP contribution in [-0.2, 0) is 6.42 Å². The molecule has 0 spiro atoms. The van der Waals surface area contributed by atoms with Crippen molar-refractivity contribution < 1.29 is 19.5 Å². The Kier molecular flexibility index (Phi) is 9.92. The SMILES string of the molecule is CN(CCO)C(=O)c1cccc(C(=O)Nc2ccc(N3CCCCC3)cc2-c2cc(C(=O)N[C@@H]3CCCc4ccccc43)ccn2)c1. The number of rotatable bonds is 9. The van der Waals surface area contributed by atoms with Gasteiger partial charge in [0.05, 0.1) is 24.0 Å². The number of carbonyl (C=O) groups excluding carboxylic acids is 3. The van der Waals surface area contributed by atoms with Crippen molar-refractivity contribution in [1.82, 2.24) is 15.2 Å². The van der Waals surface area contributed by atoms with Gasteiger partial charge in [0.25, 0.3) is 17.7 Å². The number of fused-ring (bicyclic) bond motifs is 1. The molecule has 3 N–H and O–H groups in total. The molecule has 1 aliphatic carbocycles. The Morgan fingerprint density at radius 1 is 0.872 bits per heavy atom. The second-order valence-electron chi connectivity index (χ2n) is 12.3. The monoisotopic (exact) mass is 631 g/mol. The van der Waals surface area contributed by atoms with Gasteiger partial charge in [0.1, 0.15) is 0 Å². The normalized spacial score (nSPS) is 15.8. The van der Waals surface area contributed by atoms with Gasteiger partial charge in [-0.15, -0.1) is 0 Å². The number of hydrogen-bond acceptors (Lipinski definition) is 6. The fraction of sp³-hybridized carbons (Fsp3) is 0.316. The molecule has 2 aliphatic rings. The molecule has 47 heavy (non-hydrogen) atoms. The van der Waals surface area contributed by atoms with E-state index in [0.29, 0.717) is 33.6 Å². The number of benzene rings is 3. The molecule has 1 atom stereocenters. The minimum Gasteiger partial charge on any atom is -0.395 e. The van der Waals surface area contributed by atoms with Gasteiger partial charge < -0.3 is 25.5 Å². The Balaban J connectivity index is 1.29. The van der Waals surface area contributed by atoms with E-state index in [0.717, 1.165) is 50.9 Å². The van der Waals surface area contributed by atoms with Gasteiger partial charge in [-0.05, 0) is 98.2 Å². The van der Waals surface area contributed by atoms with E-state index >= 15 is 0 Å². The number of nitrogens with zero attached hydrogens (tertiary/aromatic N) is 3. The van der Waals surface area contributed by atoms with Gasteiger partial charge in [-0.1, -0.05) is 30.3 Å². The molecule has 6 rings (SSSR count). The van der Waals surface area contributed by atoms with E-state index in [9.17, 15) is 19.5 Å². The van der Waals surface area contributed by atoms with Crippen LogP contribution in [0.3, 0.4) is 0 Å². The average molecular weight is 632 g/mol. The molecule has 0 radical (unpaired) electrons. The van der Waals surface area contributed by atoms with Gasteiger partial charge in [0.2, 0.25) is 0 Å². The first-order valence-corrected chi connectivity index (χ1v) is 16.4. The number of piperidine rings is 1. The Hall–Kier alpha value is -5.02. The first-order chi connectivity index (χ1) is 22.9. The summed E-state index contributed by atoms with van der Waals surface area (Å²) in [5.41, 5.74) is 6.50. The quantitative estimate of drug-likeness (QED) is 0.213. The van der Waals surface area contributed by atoms with Crippen LogP contribution in [0.5, 0.6) is 0 Å². The summed E-state index contributed by atoms with van der Waals surface area (Å²) in [6, 6.07) is 24.2. The van der Waals surface area contributed by atoms with Crippen molar-refractivity contribution >= 4 is 29.1 Å². The third-order valence-electron chi connectivity index (χ3n) is 9.10. The van der Waals surface area contributed by atoms with Crippen LogP contribution in [0, 0.1) is 0 Å². The fourth-order valence-electron chi connectivity index (χ4n) is 6.53. The number of aromatic nitrogens is 1. The van der Waals surface area contributed by atoms with Crippen LogP contribution < -0.4 is 15.5 Å². The lowest BCUT2D eigenvalue weighted by atomic mass is 9.87. The summed E-state index contributed by atoms with van der Waals surface area (Å²) in [6.07, 6.45) is 8.01. The highest BCUT2D eigenvalue weighted by molar-refractivity contribution is 6.08. The van der Waals surface area contributed by atoms with Crippen LogP contribution in [0.4, 0.5) is 11.4 Å². The highest BCUT2D eigenvalue weighted by Crippen LogP contribution is 2.34. The summed E-state index contributed by atoms with van der Waals surface area (Å²) in [5.74, 6) is -0.821. The smallest absolute Gasteiger partial charge is 0.255 e. The number of amides is 3. The first-order valence-electron chi connectivity index (χ1n) is 16.4. The van der Waals surface area contributed by atoms with Crippen molar-refractivity contribution in [3.8, 4) is 11.3 Å². The molecule has 242 valence electrons. The lowest BCUT2D eigenvalue weighted by Crippen LogP contribution is -2.31. The standard InChI is InChI=1S/C38H41N5O4/c1-42(21-22-44)38(47)29-12-7-11-27(23-29)36(45)41-34-16-15-30(43-19-5-2-6-20-43)25-32(34)35-24-28(17-18-39-35)37(46)40-33-14-8-10-26-9-3-4-13-31(26)33/h3-4,7,9,11-13,15-18,23-25,33,44H,2,5-6,8,10,14,19-22H2,1H3,(H,40,46)(H,41,45)/t33-/m1/s1. The summed E-state index contributed by atoms with van der Waals surface area (Å²) in [6.45, 7) is 1.95. The molecule has 1 aliphatic heterocycles. The van der Waals surface area contributed by atoms with Gasteiger partial charge in [-0.25, -0.2) is 0 Å². The molecule has 2 heterocycles. The second-order valence-corrected chi connectivity index (χ2v) is 12.3. The Labute approximate surface area is 275 Å². The number of aliphatic hydroxyl groups is 1.